The highest BCUT2D eigenvalue weighted by molar-refractivity contribution is 5.74. The van der Waals surface area contributed by atoms with Gasteiger partial charge in [-0.2, -0.15) is 0 Å². The van der Waals surface area contributed by atoms with Gasteiger partial charge in [0.25, 0.3) is 0 Å². The molecule has 1 aliphatic rings. The highest BCUT2D eigenvalue weighted by Gasteiger charge is 2.22. The Labute approximate surface area is 145 Å². The molecule has 1 aliphatic heterocycles. The molecule has 0 N–H and O–H groups in total. The van der Waals surface area contributed by atoms with Crippen LogP contribution in [0.4, 0.5) is 11.6 Å². The molecule has 0 unspecified atom stereocenters. The van der Waals surface area contributed by atoms with Crippen LogP contribution < -0.4 is 9.80 Å². The Morgan fingerprint density at radius 1 is 1.04 bits per heavy atom. The van der Waals surface area contributed by atoms with Crippen molar-refractivity contribution in [3.05, 3.63) is 24.3 Å². The summed E-state index contributed by atoms with van der Waals surface area (Å²) in [7, 11) is 1.97. The normalized spacial score (nSPS) is 15.3. The molecular formula is C16H20N8O. The Morgan fingerprint density at radius 3 is 2.52 bits per heavy atom. The van der Waals surface area contributed by atoms with Gasteiger partial charge in [0.05, 0.1) is 18.4 Å². The van der Waals surface area contributed by atoms with Crippen LogP contribution in [-0.4, -0.2) is 50.4 Å². The first kappa shape index (κ1) is 15.7. The number of anilines is 2. The molecule has 1 saturated heterocycles. The van der Waals surface area contributed by atoms with Crippen molar-refractivity contribution in [2.45, 2.75) is 32.2 Å². The molecule has 1 fully saturated rings. The molecule has 3 aromatic rings. The van der Waals surface area contributed by atoms with Crippen molar-refractivity contribution in [3.8, 4) is 0 Å². The first-order valence-corrected chi connectivity index (χ1v) is 8.52. The second-order valence-corrected chi connectivity index (χ2v) is 6.24. The van der Waals surface area contributed by atoms with Crippen LogP contribution in [0, 0.1) is 0 Å². The number of hydrogen-bond donors (Lipinski definition) is 0. The lowest BCUT2D eigenvalue weighted by Gasteiger charge is -2.27. The summed E-state index contributed by atoms with van der Waals surface area (Å²) >= 11 is 0. The van der Waals surface area contributed by atoms with Crippen molar-refractivity contribution >= 4 is 22.9 Å². The molecule has 0 spiro atoms. The topological polar surface area (TPSA) is 97.0 Å². The van der Waals surface area contributed by atoms with Crippen molar-refractivity contribution in [1.82, 2.24) is 30.2 Å². The Kier molecular flexibility index (Phi) is 4.36. The minimum atomic E-state index is 0.416. The molecule has 0 radical (unpaired) electrons. The summed E-state index contributed by atoms with van der Waals surface area (Å²) in [6.45, 7) is 2.52. The summed E-state index contributed by atoms with van der Waals surface area (Å²) in [4.78, 5) is 22.1. The maximum atomic E-state index is 4.80. The lowest BCUT2D eigenvalue weighted by atomic mass is 10.2. The van der Waals surface area contributed by atoms with Gasteiger partial charge in [0.15, 0.2) is 11.6 Å². The van der Waals surface area contributed by atoms with Crippen LogP contribution in [0.15, 0.2) is 23.2 Å². The Hall–Kier alpha value is -2.84. The van der Waals surface area contributed by atoms with E-state index in [1.54, 1.807) is 18.6 Å². The Bertz CT molecular complexity index is 829. The smallest absolute Gasteiger partial charge is 0.245 e. The van der Waals surface area contributed by atoms with E-state index in [4.69, 9.17) is 4.63 Å². The minimum Gasteiger partial charge on any atom is -0.353 e. The first-order chi connectivity index (χ1) is 12.3. The molecule has 9 nitrogen and oxygen atoms in total. The maximum absolute atomic E-state index is 4.80. The van der Waals surface area contributed by atoms with Crippen molar-refractivity contribution in [2.75, 3.05) is 29.9 Å². The lowest BCUT2D eigenvalue weighted by molar-refractivity contribution is 0.314. The van der Waals surface area contributed by atoms with E-state index in [2.05, 4.69) is 35.1 Å². The van der Waals surface area contributed by atoms with Crippen LogP contribution in [0.2, 0.25) is 0 Å². The van der Waals surface area contributed by atoms with Gasteiger partial charge in [0.2, 0.25) is 11.3 Å². The summed E-state index contributed by atoms with van der Waals surface area (Å²) in [6.07, 6.45) is 9.93. The van der Waals surface area contributed by atoms with Crippen molar-refractivity contribution in [2.24, 2.45) is 0 Å². The van der Waals surface area contributed by atoms with Crippen LogP contribution >= 0.6 is 0 Å². The van der Waals surface area contributed by atoms with Crippen LogP contribution in [0.5, 0.6) is 0 Å². The first-order valence-electron chi connectivity index (χ1n) is 8.52. The maximum Gasteiger partial charge on any atom is 0.245 e. The van der Waals surface area contributed by atoms with E-state index in [1.165, 1.54) is 12.8 Å². The summed E-state index contributed by atoms with van der Waals surface area (Å²) in [5.41, 5.74) is 1.72. The van der Waals surface area contributed by atoms with Crippen molar-refractivity contribution < 1.29 is 4.63 Å². The van der Waals surface area contributed by atoms with Gasteiger partial charge >= 0.3 is 0 Å². The molecular weight excluding hydrogens is 320 g/mol. The van der Waals surface area contributed by atoms with E-state index in [-0.39, 0.29) is 0 Å². The molecule has 0 bridgehead atoms. The highest BCUT2D eigenvalue weighted by atomic mass is 16.6. The van der Waals surface area contributed by atoms with E-state index in [0.717, 1.165) is 43.3 Å². The molecule has 0 aliphatic carbocycles. The second kappa shape index (κ2) is 6.96. The zero-order valence-electron chi connectivity index (χ0n) is 14.2. The molecule has 3 aromatic heterocycles. The van der Waals surface area contributed by atoms with E-state index >= 15 is 0 Å². The standard InChI is InChI=1S/C16H20N8O/c1-23(11-12-10-17-6-7-18-12)15-16(24-8-4-2-3-5-9-24)20-14-13(19-15)21-25-22-14/h6-7,10H,2-5,8-9,11H2,1H3. The van der Waals surface area contributed by atoms with Gasteiger partial charge < -0.3 is 9.80 Å². The number of aromatic nitrogens is 6. The second-order valence-electron chi connectivity index (χ2n) is 6.24. The minimum absolute atomic E-state index is 0.416. The third kappa shape index (κ3) is 3.35. The Morgan fingerprint density at radius 2 is 1.80 bits per heavy atom. The quantitative estimate of drug-likeness (QED) is 0.704. The SMILES string of the molecule is CN(Cc1cnccn1)c1nc2nonc2nc1N1CCCCCC1. The molecule has 9 heteroatoms. The average Bonchev–Trinajstić information content (AvgIpc) is 2.93. The fraction of sp³-hybridized carbons (Fsp3) is 0.500. The number of rotatable bonds is 4. The van der Waals surface area contributed by atoms with Gasteiger partial charge in [-0.25, -0.2) is 14.6 Å². The van der Waals surface area contributed by atoms with Gasteiger partial charge in [-0.1, -0.05) is 12.8 Å². The zero-order valence-corrected chi connectivity index (χ0v) is 14.2. The average molecular weight is 340 g/mol. The Balaban J connectivity index is 1.70. The van der Waals surface area contributed by atoms with Crippen molar-refractivity contribution in [3.63, 3.8) is 0 Å². The van der Waals surface area contributed by atoms with E-state index in [9.17, 15) is 0 Å². The van der Waals surface area contributed by atoms with Crippen LogP contribution in [0.1, 0.15) is 31.4 Å². The summed E-state index contributed by atoms with van der Waals surface area (Å²) < 4.78 is 4.80. The number of fused-ring (bicyclic) bond motifs is 1. The number of nitrogens with zero attached hydrogens (tertiary/aromatic N) is 8. The molecule has 0 amide bonds. The van der Waals surface area contributed by atoms with E-state index < -0.39 is 0 Å². The molecule has 0 aromatic carbocycles. The van der Waals surface area contributed by atoms with Crippen LogP contribution in [0.3, 0.4) is 0 Å². The number of hydrogen-bond acceptors (Lipinski definition) is 9. The fourth-order valence-electron chi connectivity index (χ4n) is 3.10. The van der Waals surface area contributed by atoms with Gasteiger partial charge in [0, 0.05) is 32.5 Å². The molecule has 4 heterocycles. The molecule has 4 rings (SSSR count). The van der Waals surface area contributed by atoms with E-state index in [1.807, 2.05) is 11.9 Å². The van der Waals surface area contributed by atoms with Gasteiger partial charge in [-0.3, -0.25) is 9.97 Å². The van der Waals surface area contributed by atoms with Gasteiger partial charge in [-0.05, 0) is 23.2 Å². The lowest BCUT2D eigenvalue weighted by Crippen LogP contribution is -2.29. The van der Waals surface area contributed by atoms with Crippen molar-refractivity contribution in [1.29, 1.82) is 0 Å². The predicted octanol–water partition coefficient (Wildman–Crippen LogP) is 1.82. The molecule has 130 valence electrons. The fourth-order valence-corrected chi connectivity index (χ4v) is 3.10. The summed E-state index contributed by atoms with van der Waals surface area (Å²) in [5.74, 6) is 1.59. The molecule has 0 atom stereocenters. The van der Waals surface area contributed by atoms with Crippen LogP contribution in [0.25, 0.3) is 11.3 Å². The van der Waals surface area contributed by atoms with Gasteiger partial charge in [0.1, 0.15) is 0 Å². The van der Waals surface area contributed by atoms with E-state index in [0.29, 0.717) is 17.8 Å². The van der Waals surface area contributed by atoms with Crippen LogP contribution in [-0.2, 0) is 6.54 Å². The summed E-state index contributed by atoms with van der Waals surface area (Å²) in [6, 6.07) is 0. The monoisotopic (exact) mass is 340 g/mol. The summed E-state index contributed by atoms with van der Waals surface area (Å²) in [5, 5.41) is 7.70. The third-order valence-electron chi connectivity index (χ3n) is 4.36. The molecule has 25 heavy (non-hydrogen) atoms. The largest absolute Gasteiger partial charge is 0.353 e. The third-order valence-corrected chi connectivity index (χ3v) is 4.36. The van der Waals surface area contributed by atoms with Gasteiger partial charge in [-0.15, -0.1) is 0 Å². The molecule has 0 saturated carbocycles. The zero-order chi connectivity index (χ0) is 17.1. The highest BCUT2D eigenvalue weighted by Crippen LogP contribution is 2.29. The predicted molar refractivity (Wildman–Crippen MR) is 92.2 cm³/mol.